The Bertz CT molecular complexity index is 1020. The second-order valence-electron chi connectivity index (χ2n) is 17.0. The fourth-order valence-corrected chi connectivity index (χ4v) is 8.14. The largest absolute Gasteiger partial charge is 0.472 e. The maximum absolute atomic E-state index is 12.8. The molecule has 8 nitrogen and oxygen atoms in total. The highest BCUT2D eigenvalue weighted by molar-refractivity contribution is 7.47. The molecule has 0 aliphatic carbocycles. The minimum atomic E-state index is -4.35. The van der Waals surface area contributed by atoms with Crippen molar-refractivity contribution in [2.45, 2.75) is 257 Å². The molecule has 0 spiro atoms. The van der Waals surface area contributed by atoms with Gasteiger partial charge in [0.15, 0.2) is 0 Å². The van der Waals surface area contributed by atoms with Gasteiger partial charge in [0.25, 0.3) is 0 Å². The number of allylic oxidation sites excluding steroid dienone is 5. The van der Waals surface area contributed by atoms with Gasteiger partial charge in [-0.2, -0.15) is 0 Å². The molecule has 0 aromatic heterocycles. The van der Waals surface area contributed by atoms with Crippen LogP contribution in [0.5, 0.6) is 0 Å². The molecule has 0 rings (SSSR count). The SMILES string of the molecule is CCCCCCCCCC/C=C\CCCCCCCCCCCC(=O)NC(COP(=O)(O)OCCN)C(O)/C=C/CC/C=C/CCCCCCCCCCCCCCC. The number of aliphatic hydroxyl groups is 1. The lowest BCUT2D eigenvalue weighted by molar-refractivity contribution is -0.123. The first kappa shape index (κ1) is 57.7. The molecule has 0 radical (unpaired) electrons. The average Bonchev–Trinajstić information content (AvgIpc) is 3.22. The van der Waals surface area contributed by atoms with Crippen molar-refractivity contribution >= 4 is 13.7 Å². The number of amides is 1. The molecule has 348 valence electrons. The molecule has 0 heterocycles. The van der Waals surface area contributed by atoms with Gasteiger partial charge in [0, 0.05) is 13.0 Å². The third-order valence-corrected chi connectivity index (χ3v) is 12.2. The van der Waals surface area contributed by atoms with Crippen LogP contribution < -0.4 is 11.1 Å². The molecule has 59 heavy (non-hydrogen) atoms. The Kier molecular flexibility index (Phi) is 45.2. The molecule has 0 saturated carbocycles. The van der Waals surface area contributed by atoms with E-state index in [2.05, 4.69) is 43.5 Å². The standard InChI is InChI=1S/C50H97N2O6P/c1-3-5-7-9-11-13-15-17-19-21-23-24-26-28-30-32-34-36-38-40-42-44-50(54)52-48(47-58-59(55,56)57-46-45-51)49(53)43-41-39-37-35-33-31-29-27-25-22-20-18-16-14-12-10-8-6-4-2/h21,23,33,35,41,43,48-49,53H,3-20,22,24-32,34,36-40,42,44-47,51H2,1-2H3,(H,52,54)(H,55,56)/b23-21-,35-33+,43-41+. The number of hydrogen-bond donors (Lipinski definition) is 4. The Morgan fingerprint density at radius 3 is 1.31 bits per heavy atom. The van der Waals surface area contributed by atoms with Crippen LogP contribution in [0.4, 0.5) is 0 Å². The van der Waals surface area contributed by atoms with Crippen molar-refractivity contribution in [3.63, 3.8) is 0 Å². The predicted molar refractivity (Wildman–Crippen MR) is 254 cm³/mol. The predicted octanol–water partition coefficient (Wildman–Crippen LogP) is 14.7. The van der Waals surface area contributed by atoms with Crippen LogP contribution in [0.2, 0.25) is 0 Å². The van der Waals surface area contributed by atoms with Crippen LogP contribution >= 0.6 is 7.82 Å². The summed E-state index contributed by atoms with van der Waals surface area (Å²) in [5.74, 6) is -0.204. The number of carbonyl (C=O) groups excluding carboxylic acids is 1. The lowest BCUT2D eigenvalue weighted by atomic mass is 10.0. The van der Waals surface area contributed by atoms with Crippen molar-refractivity contribution in [2.24, 2.45) is 5.73 Å². The fraction of sp³-hybridized carbons (Fsp3) is 0.860. The summed E-state index contributed by atoms with van der Waals surface area (Å²) < 4.78 is 22.2. The van der Waals surface area contributed by atoms with Gasteiger partial charge in [0.1, 0.15) is 0 Å². The zero-order chi connectivity index (χ0) is 43.2. The number of phosphoric ester groups is 1. The second kappa shape index (κ2) is 46.2. The topological polar surface area (TPSA) is 131 Å². The fourth-order valence-electron chi connectivity index (χ4n) is 7.38. The molecule has 0 aliphatic heterocycles. The quantitative estimate of drug-likeness (QED) is 0.0272. The molecule has 9 heteroatoms. The van der Waals surface area contributed by atoms with Gasteiger partial charge in [-0.3, -0.25) is 13.8 Å². The van der Waals surface area contributed by atoms with Crippen molar-refractivity contribution in [3.8, 4) is 0 Å². The monoisotopic (exact) mass is 853 g/mol. The zero-order valence-electron chi connectivity index (χ0n) is 38.7. The number of rotatable bonds is 47. The van der Waals surface area contributed by atoms with E-state index in [-0.39, 0.29) is 25.7 Å². The van der Waals surface area contributed by atoms with E-state index in [1.165, 1.54) is 186 Å². The van der Waals surface area contributed by atoms with Gasteiger partial charge in [-0.25, -0.2) is 4.57 Å². The lowest BCUT2D eigenvalue weighted by Gasteiger charge is -2.23. The van der Waals surface area contributed by atoms with E-state index in [1.807, 2.05) is 6.08 Å². The summed E-state index contributed by atoms with van der Waals surface area (Å²) in [5.41, 5.74) is 5.39. The molecule has 0 aliphatic rings. The van der Waals surface area contributed by atoms with Crippen molar-refractivity contribution in [2.75, 3.05) is 19.8 Å². The van der Waals surface area contributed by atoms with Crippen molar-refractivity contribution < 1.29 is 28.4 Å². The molecular weight excluding hydrogens is 756 g/mol. The molecule has 5 N–H and O–H groups in total. The van der Waals surface area contributed by atoms with Crippen molar-refractivity contribution in [3.05, 3.63) is 36.5 Å². The van der Waals surface area contributed by atoms with Crippen LogP contribution in [0.15, 0.2) is 36.5 Å². The van der Waals surface area contributed by atoms with Crippen LogP contribution in [-0.2, 0) is 18.4 Å². The second-order valence-corrected chi connectivity index (χ2v) is 18.5. The first-order valence-corrected chi connectivity index (χ1v) is 26.6. The van der Waals surface area contributed by atoms with E-state index in [0.29, 0.717) is 6.42 Å². The highest BCUT2D eigenvalue weighted by Crippen LogP contribution is 2.43. The number of nitrogens with two attached hydrogens (primary N) is 1. The van der Waals surface area contributed by atoms with Gasteiger partial charge < -0.3 is 21.1 Å². The molecule has 3 atom stereocenters. The van der Waals surface area contributed by atoms with Gasteiger partial charge in [-0.05, 0) is 57.8 Å². The highest BCUT2D eigenvalue weighted by atomic mass is 31.2. The molecule has 3 unspecified atom stereocenters. The lowest BCUT2D eigenvalue weighted by Crippen LogP contribution is -2.45. The van der Waals surface area contributed by atoms with E-state index in [1.54, 1.807) is 6.08 Å². The van der Waals surface area contributed by atoms with Crippen molar-refractivity contribution in [1.29, 1.82) is 0 Å². The Labute approximate surface area is 365 Å². The highest BCUT2D eigenvalue weighted by Gasteiger charge is 2.26. The van der Waals surface area contributed by atoms with Crippen LogP contribution in [-0.4, -0.2) is 47.8 Å². The van der Waals surface area contributed by atoms with Crippen LogP contribution in [0.3, 0.4) is 0 Å². The molecule has 0 saturated heterocycles. The minimum Gasteiger partial charge on any atom is -0.387 e. The summed E-state index contributed by atoms with van der Waals surface area (Å²) >= 11 is 0. The van der Waals surface area contributed by atoms with E-state index in [4.69, 9.17) is 14.8 Å². The Hall–Kier alpha value is -1.28. The number of aliphatic hydroxyl groups excluding tert-OH is 1. The summed E-state index contributed by atoms with van der Waals surface area (Å²) in [6.07, 6.45) is 56.4. The third-order valence-electron chi connectivity index (χ3n) is 11.2. The smallest absolute Gasteiger partial charge is 0.387 e. The van der Waals surface area contributed by atoms with Gasteiger partial charge in [-0.1, -0.05) is 217 Å². The maximum Gasteiger partial charge on any atom is 0.472 e. The molecule has 0 aromatic rings. The summed E-state index contributed by atoms with van der Waals surface area (Å²) in [5, 5.41) is 13.7. The molecule has 0 bridgehead atoms. The minimum absolute atomic E-state index is 0.0740. The summed E-state index contributed by atoms with van der Waals surface area (Å²) in [6.45, 7) is 4.14. The number of nitrogens with one attached hydrogen (secondary N) is 1. The number of phosphoric acid groups is 1. The molecular formula is C50H97N2O6P. The van der Waals surface area contributed by atoms with Crippen LogP contribution in [0, 0.1) is 0 Å². The number of carbonyl (C=O) groups is 1. The van der Waals surface area contributed by atoms with Crippen LogP contribution in [0.1, 0.15) is 245 Å². The normalized spacial score (nSPS) is 14.2. The Balaban J connectivity index is 4.15. The summed E-state index contributed by atoms with van der Waals surface area (Å²) in [4.78, 5) is 22.8. The van der Waals surface area contributed by atoms with Gasteiger partial charge >= 0.3 is 7.82 Å². The average molecular weight is 853 g/mol. The van der Waals surface area contributed by atoms with E-state index in [9.17, 15) is 19.4 Å². The first-order valence-electron chi connectivity index (χ1n) is 25.1. The van der Waals surface area contributed by atoms with Crippen LogP contribution in [0.25, 0.3) is 0 Å². The molecule has 0 aromatic carbocycles. The Morgan fingerprint density at radius 1 is 0.542 bits per heavy atom. The molecule has 1 amide bonds. The van der Waals surface area contributed by atoms with Gasteiger partial charge in [0.2, 0.25) is 5.91 Å². The summed E-state index contributed by atoms with van der Waals surface area (Å²) in [7, 11) is -4.35. The van der Waals surface area contributed by atoms with Crippen molar-refractivity contribution in [1.82, 2.24) is 5.32 Å². The maximum atomic E-state index is 12.8. The number of unbranched alkanes of at least 4 members (excludes halogenated alkanes) is 31. The van der Waals surface area contributed by atoms with E-state index >= 15 is 0 Å². The Morgan fingerprint density at radius 2 is 0.898 bits per heavy atom. The number of hydrogen-bond acceptors (Lipinski definition) is 6. The van der Waals surface area contributed by atoms with Gasteiger partial charge in [0.05, 0.1) is 25.4 Å². The molecule has 0 fully saturated rings. The third kappa shape index (κ3) is 44.6. The zero-order valence-corrected chi connectivity index (χ0v) is 39.6. The van der Waals surface area contributed by atoms with E-state index in [0.717, 1.165) is 38.5 Å². The van der Waals surface area contributed by atoms with E-state index < -0.39 is 20.0 Å². The summed E-state index contributed by atoms with van der Waals surface area (Å²) in [6, 6.07) is -0.878. The first-order chi connectivity index (χ1) is 28.9. The van der Waals surface area contributed by atoms with Gasteiger partial charge in [-0.15, -0.1) is 0 Å².